The van der Waals surface area contributed by atoms with Crippen molar-refractivity contribution in [3.05, 3.63) is 32.8 Å². The molecule has 0 bridgehead atoms. The Morgan fingerprint density at radius 1 is 1.50 bits per heavy atom. The Kier molecular flexibility index (Phi) is 4.28. The number of fused-ring (bicyclic) bond motifs is 3. The molecule has 2 aliphatic heterocycles. The molecular weight excluding hydrogens is 354 g/mol. The van der Waals surface area contributed by atoms with E-state index >= 15 is 0 Å². The number of rotatable bonds is 4. The highest BCUT2D eigenvalue weighted by atomic mass is 32.1. The number of carbonyl (C=O) groups excluding carboxylic acids is 1. The largest absolute Gasteiger partial charge is 0.377 e. The number of hydrogen-bond acceptors (Lipinski definition) is 8. The van der Waals surface area contributed by atoms with Crippen LogP contribution in [-0.2, 0) is 11.2 Å². The van der Waals surface area contributed by atoms with Crippen LogP contribution in [0.2, 0.25) is 0 Å². The zero-order valence-electron chi connectivity index (χ0n) is 14.8. The Balaban J connectivity index is 1.74. The van der Waals surface area contributed by atoms with E-state index in [2.05, 4.69) is 26.8 Å². The number of nitrogens with zero attached hydrogens (tertiary/aromatic N) is 4. The van der Waals surface area contributed by atoms with Crippen molar-refractivity contribution >= 4 is 28.6 Å². The number of anilines is 2. The molecule has 0 amide bonds. The van der Waals surface area contributed by atoms with Crippen molar-refractivity contribution in [1.29, 1.82) is 0 Å². The van der Waals surface area contributed by atoms with Crippen molar-refractivity contribution in [3.63, 3.8) is 0 Å². The average molecular weight is 375 g/mol. The number of aromatic nitrogens is 3. The monoisotopic (exact) mass is 375 g/mol. The first-order valence-corrected chi connectivity index (χ1v) is 9.54. The summed E-state index contributed by atoms with van der Waals surface area (Å²) in [4.78, 5) is 40.7. The molecule has 4 rings (SSSR count). The molecule has 1 saturated heterocycles. The molecule has 2 aromatic heterocycles. The highest BCUT2D eigenvalue weighted by Crippen LogP contribution is 2.38. The number of Topliss-reactive ketones (excluding diaryl/α,β-unsaturated/α-hetero) is 1. The van der Waals surface area contributed by atoms with E-state index in [-0.39, 0.29) is 23.3 Å². The summed E-state index contributed by atoms with van der Waals surface area (Å²) < 4.78 is 5.73. The topological polar surface area (TPSA) is 91.4 Å². The van der Waals surface area contributed by atoms with E-state index in [1.807, 2.05) is 11.9 Å². The number of carbonyl (C=O) groups is 1. The first-order chi connectivity index (χ1) is 12.5. The number of ketones is 1. The van der Waals surface area contributed by atoms with E-state index in [0.29, 0.717) is 48.6 Å². The predicted octanol–water partition coefficient (Wildman–Crippen LogP) is 1.09. The van der Waals surface area contributed by atoms with Crippen LogP contribution in [0.4, 0.5) is 11.5 Å². The number of nitrogens with one attached hydrogen (secondary N) is 1. The Hall–Kier alpha value is -2.26. The maximum absolute atomic E-state index is 12.7. The molecule has 26 heavy (non-hydrogen) atoms. The van der Waals surface area contributed by atoms with E-state index in [0.717, 1.165) is 6.42 Å². The zero-order chi connectivity index (χ0) is 18.3. The highest BCUT2D eigenvalue weighted by Gasteiger charge is 2.45. The minimum absolute atomic E-state index is 0.0310. The quantitative estimate of drug-likeness (QED) is 0.800. The summed E-state index contributed by atoms with van der Waals surface area (Å²) in [5.74, 6) is 0.881. The maximum Gasteiger partial charge on any atom is 0.276 e. The van der Waals surface area contributed by atoms with Gasteiger partial charge < -0.3 is 19.5 Å². The molecule has 0 spiro atoms. The summed E-state index contributed by atoms with van der Waals surface area (Å²) in [6.45, 7) is 4.73. The van der Waals surface area contributed by atoms with Crippen LogP contribution in [0, 0.1) is 0 Å². The predicted molar refractivity (Wildman–Crippen MR) is 99.5 cm³/mol. The van der Waals surface area contributed by atoms with E-state index in [9.17, 15) is 9.59 Å². The summed E-state index contributed by atoms with van der Waals surface area (Å²) >= 11 is 1.29. The molecule has 2 aliphatic rings. The van der Waals surface area contributed by atoms with Crippen LogP contribution in [0.3, 0.4) is 0 Å². The molecule has 1 fully saturated rings. The third kappa shape index (κ3) is 2.71. The zero-order valence-corrected chi connectivity index (χ0v) is 15.6. The molecule has 0 aromatic carbocycles. The Morgan fingerprint density at radius 2 is 2.35 bits per heavy atom. The van der Waals surface area contributed by atoms with Crippen LogP contribution in [0.5, 0.6) is 0 Å². The van der Waals surface area contributed by atoms with Crippen molar-refractivity contribution in [3.8, 4) is 0 Å². The molecule has 0 saturated carbocycles. The lowest BCUT2D eigenvalue weighted by Crippen LogP contribution is -2.65. The fourth-order valence-corrected chi connectivity index (χ4v) is 4.40. The smallest absolute Gasteiger partial charge is 0.276 e. The number of thiazole rings is 1. The second-order valence-corrected chi connectivity index (χ2v) is 7.65. The van der Waals surface area contributed by atoms with Crippen molar-refractivity contribution < 1.29 is 9.53 Å². The molecule has 0 aliphatic carbocycles. The number of hydrogen-bond donors (Lipinski definition) is 1. The second kappa shape index (κ2) is 6.48. The Bertz CT molecular complexity index is 881. The Labute approximate surface area is 154 Å². The van der Waals surface area contributed by atoms with E-state index in [1.165, 1.54) is 11.3 Å². The molecule has 1 unspecified atom stereocenters. The van der Waals surface area contributed by atoms with Crippen LogP contribution < -0.4 is 15.4 Å². The first kappa shape index (κ1) is 17.2. The van der Waals surface area contributed by atoms with Crippen LogP contribution >= 0.6 is 11.3 Å². The third-order valence-corrected chi connectivity index (χ3v) is 5.97. The highest BCUT2D eigenvalue weighted by molar-refractivity contribution is 7.11. The fourth-order valence-electron chi connectivity index (χ4n) is 3.83. The molecule has 9 heteroatoms. The summed E-state index contributed by atoms with van der Waals surface area (Å²) in [6.07, 6.45) is 2.51. The summed E-state index contributed by atoms with van der Waals surface area (Å²) in [5, 5.41) is 2.19. The van der Waals surface area contributed by atoms with E-state index in [4.69, 9.17) is 4.74 Å². The van der Waals surface area contributed by atoms with Gasteiger partial charge in [-0.3, -0.25) is 9.59 Å². The molecule has 4 heterocycles. The van der Waals surface area contributed by atoms with Gasteiger partial charge in [-0.05, 0) is 6.42 Å². The lowest BCUT2D eigenvalue weighted by Gasteiger charge is -2.52. The number of aromatic amines is 1. The number of morpholine rings is 1. The summed E-state index contributed by atoms with van der Waals surface area (Å²) in [7, 11) is 1.90. The lowest BCUT2D eigenvalue weighted by atomic mass is 9.90. The number of ether oxygens (including phenoxy) is 1. The minimum atomic E-state index is -0.212. The standard InChI is InChI=1S/C17H21N5O3S/c1-3-17-9-21(2)13-14(22(17)5-6-25-10-17)19-12(20-15(13)24)8-11(23)16-18-4-7-26-16/h4,7H,3,5-6,8-10H2,1-2H3,(H,19,20,24). The Morgan fingerprint density at radius 3 is 3.08 bits per heavy atom. The molecule has 138 valence electrons. The second-order valence-electron chi connectivity index (χ2n) is 6.76. The van der Waals surface area contributed by atoms with Gasteiger partial charge in [0.05, 0.1) is 25.2 Å². The number of H-pyrrole nitrogens is 1. The average Bonchev–Trinajstić information content (AvgIpc) is 3.16. The van der Waals surface area contributed by atoms with Crippen LogP contribution in [0.25, 0.3) is 0 Å². The SMILES string of the molecule is CCC12COCCN1c1nc(CC(=O)c3nccs3)[nH]c(=O)c1N(C)C2. The molecule has 8 nitrogen and oxygen atoms in total. The van der Waals surface area contributed by atoms with Gasteiger partial charge in [0.15, 0.2) is 16.6 Å². The van der Waals surface area contributed by atoms with Gasteiger partial charge in [0, 0.05) is 31.7 Å². The van der Waals surface area contributed by atoms with Crippen LogP contribution in [0.1, 0.15) is 29.0 Å². The van der Waals surface area contributed by atoms with Gasteiger partial charge in [0.25, 0.3) is 5.56 Å². The van der Waals surface area contributed by atoms with E-state index < -0.39 is 0 Å². The summed E-state index contributed by atoms with van der Waals surface area (Å²) in [5.41, 5.74) is 0.147. The van der Waals surface area contributed by atoms with Crippen molar-refractivity contribution in [2.24, 2.45) is 0 Å². The van der Waals surface area contributed by atoms with E-state index in [1.54, 1.807) is 11.6 Å². The normalized spacial score (nSPS) is 22.1. The molecule has 0 radical (unpaired) electrons. The third-order valence-electron chi connectivity index (χ3n) is 5.15. The van der Waals surface area contributed by atoms with Crippen molar-refractivity contribution in [2.45, 2.75) is 25.3 Å². The fraction of sp³-hybridized carbons (Fsp3) is 0.529. The molecular formula is C17H21N5O3S. The number of likely N-dealkylation sites (N-methyl/N-ethyl adjacent to an activating group) is 1. The van der Waals surface area contributed by atoms with Crippen molar-refractivity contribution in [2.75, 3.05) is 43.2 Å². The molecule has 1 N–H and O–H groups in total. The van der Waals surface area contributed by atoms with Gasteiger partial charge in [-0.1, -0.05) is 6.92 Å². The van der Waals surface area contributed by atoms with Gasteiger partial charge in [0.2, 0.25) is 0 Å². The van der Waals surface area contributed by atoms with Gasteiger partial charge in [-0.25, -0.2) is 9.97 Å². The van der Waals surface area contributed by atoms with Crippen molar-refractivity contribution in [1.82, 2.24) is 15.0 Å². The van der Waals surface area contributed by atoms with Gasteiger partial charge >= 0.3 is 0 Å². The summed E-state index contributed by atoms with van der Waals surface area (Å²) in [6, 6.07) is 0. The van der Waals surface area contributed by atoms with Crippen LogP contribution in [-0.4, -0.2) is 59.6 Å². The maximum atomic E-state index is 12.7. The van der Waals surface area contributed by atoms with Gasteiger partial charge in [-0.2, -0.15) is 0 Å². The van der Waals surface area contributed by atoms with Gasteiger partial charge in [-0.15, -0.1) is 11.3 Å². The minimum Gasteiger partial charge on any atom is -0.377 e. The molecule has 2 aromatic rings. The lowest BCUT2D eigenvalue weighted by molar-refractivity contribution is 0.0482. The molecule has 1 atom stereocenters. The first-order valence-electron chi connectivity index (χ1n) is 8.66. The van der Waals surface area contributed by atoms with Crippen LogP contribution in [0.15, 0.2) is 16.4 Å². The van der Waals surface area contributed by atoms with Gasteiger partial charge in [0.1, 0.15) is 11.5 Å².